The minimum atomic E-state index is -0.492. The van der Waals surface area contributed by atoms with Crippen molar-refractivity contribution in [2.75, 3.05) is 0 Å². The Morgan fingerprint density at radius 1 is 1.33 bits per heavy atom. The van der Waals surface area contributed by atoms with Crippen LogP contribution in [0.1, 0.15) is 12.1 Å². The van der Waals surface area contributed by atoms with E-state index in [9.17, 15) is 4.39 Å². The molecule has 4 heterocycles. The van der Waals surface area contributed by atoms with E-state index in [1.165, 1.54) is 0 Å². The van der Waals surface area contributed by atoms with Crippen LogP contribution in [0.5, 0.6) is 0 Å². The van der Waals surface area contributed by atoms with Crippen molar-refractivity contribution in [1.29, 1.82) is 0 Å². The van der Waals surface area contributed by atoms with Crippen molar-refractivity contribution in [2.45, 2.75) is 6.42 Å². The second-order valence-corrected chi connectivity index (χ2v) is 4.71. The number of halogens is 1. The molecule has 0 spiro atoms. The predicted molar refractivity (Wildman–Crippen MR) is 75.9 cm³/mol. The number of hydrogen-bond acceptors (Lipinski definition) is 5. The maximum atomic E-state index is 13.3. The molecule has 0 amide bonds. The van der Waals surface area contributed by atoms with Gasteiger partial charge in [0.2, 0.25) is 11.8 Å². The summed E-state index contributed by atoms with van der Waals surface area (Å²) in [5.41, 5.74) is 1.99. The number of oxazole rings is 1. The summed E-state index contributed by atoms with van der Waals surface area (Å²) in [7, 11) is 1.82. The summed E-state index contributed by atoms with van der Waals surface area (Å²) in [6, 6.07) is 1.88. The van der Waals surface area contributed by atoms with E-state index >= 15 is 0 Å². The lowest BCUT2D eigenvalue weighted by Gasteiger charge is -1.96. The number of rotatable bonds is 1. The van der Waals surface area contributed by atoms with Crippen LogP contribution in [0.3, 0.4) is 0 Å². The van der Waals surface area contributed by atoms with E-state index in [4.69, 9.17) is 4.42 Å². The van der Waals surface area contributed by atoms with Gasteiger partial charge < -0.3 is 4.42 Å². The highest BCUT2D eigenvalue weighted by molar-refractivity contribution is 5.83. The van der Waals surface area contributed by atoms with Crippen LogP contribution in [0.4, 0.5) is 10.3 Å². The molecule has 0 N–H and O–H groups in total. The van der Waals surface area contributed by atoms with Gasteiger partial charge in [-0.05, 0) is 12.1 Å². The van der Waals surface area contributed by atoms with Crippen LogP contribution in [0.2, 0.25) is 0 Å². The fourth-order valence-electron chi connectivity index (χ4n) is 2.22. The van der Waals surface area contributed by atoms with Crippen LogP contribution in [0.25, 0.3) is 28.6 Å². The Labute approximate surface area is 118 Å². The van der Waals surface area contributed by atoms with Gasteiger partial charge in [-0.15, -0.1) is 0 Å². The number of pyridine rings is 1. The molecule has 0 atom stereocenters. The number of fused-ring (bicyclic) bond motifs is 2. The van der Waals surface area contributed by atoms with Gasteiger partial charge in [0.15, 0.2) is 11.6 Å². The highest BCUT2D eigenvalue weighted by atomic mass is 19.1. The third kappa shape index (κ3) is 1.94. The molecule has 104 valence electrons. The summed E-state index contributed by atoms with van der Waals surface area (Å²) < 4.78 is 20.6. The van der Waals surface area contributed by atoms with Crippen LogP contribution in [0.15, 0.2) is 33.9 Å². The van der Waals surface area contributed by atoms with Crippen molar-refractivity contribution in [1.82, 2.24) is 19.7 Å². The molecule has 0 unspecified atom stereocenters. The van der Waals surface area contributed by atoms with Gasteiger partial charge in [-0.25, -0.2) is 9.97 Å². The summed E-state index contributed by atoms with van der Waals surface area (Å²) in [5.74, 6) is 0.0532. The Balaban J connectivity index is 1.84. The Kier molecular flexibility index (Phi) is 2.47. The second-order valence-electron chi connectivity index (χ2n) is 4.71. The van der Waals surface area contributed by atoms with Crippen LogP contribution in [0, 0.1) is 0 Å². The first kappa shape index (κ1) is 12.0. The molecular formula is C14H10FN5O. The summed E-state index contributed by atoms with van der Waals surface area (Å²) in [6.07, 6.45) is 6.90. The van der Waals surface area contributed by atoms with Gasteiger partial charge in [0, 0.05) is 25.1 Å². The lowest BCUT2D eigenvalue weighted by atomic mass is 10.2. The SMILES string of the molecule is Cn1ncc2cc(-c3nc4c(o3)N=C(F)CC=C4)cnc21. The normalized spacial score (nSPS) is 14.1. The Morgan fingerprint density at radius 2 is 2.24 bits per heavy atom. The smallest absolute Gasteiger partial charge is 0.249 e. The fraction of sp³-hybridized carbons (Fsp3) is 0.143. The third-order valence-corrected chi connectivity index (χ3v) is 3.24. The average Bonchev–Trinajstić information content (AvgIpc) is 2.99. The summed E-state index contributed by atoms with van der Waals surface area (Å²) >= 11 is 0. The van der Waals surface area contributed by atoms with Crippen LogP contribution in [-0.2, 0) is 7.05 Å². The maximum absolute atomic E-state index is 13.3. The molecule has 7 heteroatoms. The van der Waals surface area contributed by atoms with E-state index in [-0.39, 0.29) is 12.3 Å². The lowest BCUT2D eigenvalue weighted by Crippen LogP contribution is -1.91. The molecule has 1 aliphatic rings. The largest absolute Gasteiger partial charge is 0.418 e. The zero-order chi connectivity index (χ0) is 14.4. The molecular weight excluding hydrogens is 273 g/mol. The monoisotopic (exact) mass is 283 g/mol. The highest BCUT2D eigenvalue weighted by Crippen LogP contribution is 2.31. The highest BCUT2D eigenvalue weighted by Gasteiger charge is 2.16. The Hall–Kier alpha value is -2.83. The van der Waals surface area contributed by atoms with Crippen molar-refractivity contribution in [3.8, 4) is 11.5 Å². The van der Waals surface area contributed by atoms with Gasteiger partial charge >= 0.3 is 0 Å². The maximum Gasteiger partial charge on any atom is 0.249 e. The lowest BCUT2D eigenvalue weighted by molar-refractivity contribution is 0.581. The van der Waals surface area contributed by atoms with E-state index in [0.29, 0.717) is 17.1 Å². The Morgan fingerprint density at radius 3 is 3.14 bits per heavy atom. The first-order chi connectivity index (χ1) is 10.2. The molecule has 3 aromatic heterocycles. The molecule has 0 aromatic carbocycles. The van der Waals surface area contributed by atoms with Crippen molar-refractivity contribution in [3.05, 3.63) is 30.2 Å². The second kappa shape index (κ2) is 4.34. The van der Waals surface area contributed by atoms with Crippen molar-refractivity contribution < 1.29 is 8.81 Å². The van der Waals surface area contributed by atoms with Gasteiger partial charge in [-0.2, -0.15) is 14.5 Å². The van der Waals surface area contributed by atoms with E-state index in [1.807, 2.05) is 13.1 Å². The molecule has 3 aromatic rings. The molecule has 0 saturated heterocycles. The summed E-state index contributed by atoms with van der Waals surface area (Å²) in [5, 5.41) is 5.02. The molecule has 6 nitrogen and oxygen atoms in total. The minimum Gasteiger partial charge on any atom is -0.418 e. The van der Waals surface area contributed by atoms with Gasteiger partial charge in [0.25, 0.3) is 0 Å². The third-order valence-electron chi connectivity index (χ3n) is 3.24. The van der Waals surface area contributed by atoms with Gasteiger partial charge in [-0.1, -0.05) is 6.08 Å². The molecule has 0 bridgehead atoms. The fourth-order valence-corrected chi connectivity index (χ4v) is 2.22. The van der Waals surface area contributed by atoms with Gasteiger partial charge in [0.05, 0.1) is 11.8 Å². The standard InChI is InChI=1S/C14H10FN5O/c1-20-12-8(7-17-20)5-9(6-16-12)13-18-10-3-2-4-11(15)19-14(10)21-13/h2-3,5-7H,4H2,1H3. The molecule has 21 heavy (non-hydrogen) atoms. The van der Waals surface area contributed by atoms with E-state index in [1.54, 1.807) is 29.2 Å². The van der Waals surface area contributed by atoms with E-state index in [0.717, 1.165) is 11.0 Å². The van der Waals surface area contributed by atoms with Crippen LogP contribution < -0.4 is 0 Å². The van der Waals surface area contributed by atoms with Crippen molar-refractivity contribution in [2.24, 2.45) is 12.0 Å². The predicted octanol–water partition coefficient (Wildman–Crippen LogP) is 3.04. The molecule has 0 fully saturated rings. The number of allylic oxidation sites excluding steroid dienone is 1. The quantitative estimate of drug-likeness (QED) is 0.688. The minimum absolute atomic E-state index is 0.157. The first-order valence-electron chi connectivity index (χ1n) is 6.39. The number of aliphatic imine (C=N–C) groups is 1. The number of hydrogen-bond donors (Lipinski definition) is 0. The molecule has 0 radical (unpaired) electrons. The van der Waals surface area contributed by atoms with Crippen molar-refractivity contribution in [3.63, 3.8) is 0 Å². The van der Waals surface area contributed by atoms with Gasteiger partial charge in [0.1, 0.15) is 5.69 Å². The number of aryl methyl sites for hydroxylation is 1. The molecule has 0 saturated carbocycles. The summed E-state index contributed by atoms with van der Waals surface area (Å²) in [6.45, 7) is 0. The Bertz CT molecular complexity index is 905. The summed E-state index contributed by atoms with van der Waals surface area (Å²) in [4.78, 5) is 12.4. The van der Waals surface area contributed by atoms with Crippen molar-refractivity contribution >= 4 is 29.0 Å². The van der Waals surface area contributed by atoms with Gasteiger partial charge in [-0.3, -0.25) is 4.68 Å². The zero-order valence-corrected chi connectivity index (χ0v) is 11.1. The van der Waals surface area contributed by atoms with Crippen LogP contribution in [-0.4, -0.2) is 25.7 Å². The van der Waals surface area contributed by atoms with Crippen LogP contribution >= 0.6 is 0 Å². The first-order valence-corrected chi connectivity index (χ1v) is 6.39. The van der Waals surface area contributed by atoms with E-state index in [2.05, 4.69) is 20.1 Å². The average molecular weight is 283 g/mol. The number of nitrogens with zero attached hydrogens (tertiary/aromatic N) is 5. The zero-order valence-electron chi connectivity index (χ0n) is 11.1. The molecule has 1 aliphatic heterocycles. The van der Waals surface area contributed by atoms with E-state index < -0.39 is 5.97 Å². The number of aromatic nitrogens is 4. The molecule has 4 rings (SSSR count). The molecule has 0 aliphatic carbocycles. The topological polar surface area (TPSA) is 69.1 Å².